The minimum Gasteiger partial charge on any atom is -0.497 e. The second-order valence-corrected chi connectivity index (χ2v) is 9.09. The van der Waals surface area contributed by atoms with Gasteiger partial charge in [-0.2, -0.15) is 0 Å². The molecule has 0 atom stereocenters. The Morgan fingerprint density at radius 1 is 0.595 bits per heavy atom. The van der Waals surface area contributed by atoms with Gasteiger partial charge in [-0.15, -0.1) is 0 Å². The van der Waals surface area contributed by atoms with Crippen molar-refractivity contribution in [1.82, 2.24) is 0 Å². The van der Waals surface area contributed by atoms with Crippen LogP contribution in [0.4, 0.5) is 0 Å². The highest BCUT2D eigenvalue weighted by molar-refractivity contribution is 5.97. The standard InChI is InChI=1S/C33H36O4/c1-6-22-36-29-16-8-24(9-17-29)30-20-21-31(37-23(3)4)33(26-10-14-27(34-5)15-11-26)32(30)25-12-18-28(19-13-25)35-7-2/h8-21,23H,6-7,22H2,1-5H3. The van der Waals surface area contributed by atoms with Gasteiger partial charge in [-0.3, -0.25) is 0 Å². The Hall–Kier alpha value is -3.92. The molecule has 0 heterocycles. The number of rotatable bonds is 11. The molecule has 0 spiro atoms. The van der Waals surface area contributed by atoms with E-state index >= 15 is 0 Å². The van der Waals surface area contributed by atoms with Crippen LogP contribution in [0.2, 0.25) is 0 Å². The highest BCUT2D eigenvalue weighted by atomic mass is 16.5. The van der Waals surface area contributed by atoms with Crippen LogP contribution in [0, 0.1) is 0 Å². The maximum Gasteiger partial charge on any atom is 0.128 e. The molecule has 0 fully saturated rings. The normalized spacial score (nSPS) is 10.9. The van der Waals surface area contributed by atoms with E-state index in [4.69, 9.17) is 18.9 Å². The zero-order chi connectivity index (χ0) is 26.2. The summed E-state index contributed by atoms with van der Waals surface area (Å²) >= 11 is 0. The summed E-state index contributed by atoms with van der Waals surface area (Å²) in [5.41, 5.74) is 6.53. The van der Waals surface area contributed by atoms with Crippen LogP contribution in [-0.2, 0) is 0 Å². The molecule has 0 aliphatic heterocycles. The van der Waals surface area contributed by atoms with Gasteiger partial charge in [-0.05, 0) is 91.9 Å². The molecule has 4 heteroatoms. The van der Waals surface area contributed by atoms with Gasteiger partial charge in [0.1, 0.15) is 23.0 Å². The maximum absolute atomic E-state index is 6.36. The van der Waals surface area contributed by atoms with Crippen LogP contribution in [0.5, 0.6) is 23.0 Å². The Bertz CT molecular complexity index is 1270. The van der Waals surface area contributed by atoms with Crippen molar-refractivity contribution in [3.63, 3.8) is 0 Å². The third kappa shape index (κ3) is 6.26. The van der Waals surface area contributed by atoms with Gasteiger partial charge in [-0.25, -0.2) is 0 Å². The number of hydrogen-bond donors (Lipinski definition) is 0. The molecule has 0 aliphatic carbocycles. The van der Waals surface area contributed by atoms with E-state index in [2.05, 4.69) is 69.3 Å². The average Bonchev–Trinajstić information content (AvgIpc) is 2.92. The summed E-state index contributed by atoms with van der Waals surface area (Å²) < 4.78 is 23.3. The number of ether oxygens (including phenoxy) is 4. The molecule has 0 aromatic heterocycles. The van der Waals surface area contributed by atoms with Crippen molar-refractivity contribution in [2.45, 2.75) is 40.2 Å². The maximum atomic E-state index is 6.36. The molecule has 0 N–H and O–H groups in total. The molecule has 0 bridgehead atoms. The van der Waals surface area contributed by atoms with Gasteiger partial charge in [-0.1, -0.05) is 49.4 Å². The van der Waals surface area contributed by atoms with Crippen LogP contribution in [0.15, 0.2) is 84.9 Å². The lowest BCUT2D eigenvalue weighted by Crippen LogP contribution is -2.07. The van der Waals surface area contributed by atoms with Gasteiger partial charge in [0.2, 0.25) is 0 Å². The molecule has 0 aliphatic rings. The smallest absolute Gasteiger partial charge is 0.128 e. The van der Waals surface area contributed by atoms with Crippen molar-refractivity contribution in [3.05, 3.63) is 84.9 Å². The zero-order valence-electron chi connectivity index (χ0n) is 22.4. The van der Waals surface area contributed by atoms with E-state index in [1.165, 1.54) is 0 Å². The first kappa shape index (κ1) is 26.2. The van der Waals surface area contributed by atoms with Crippen molar-refractivity contribution >= 4 is 0 Å². The summed E-state index contributed by atoms with van der Waals surface area (Å²) in [7, 11) is 1.68. The lowest BCUT2D eigenvalue weighted by Gasteiger charge is -2.22. The minimum absolute atomic E-state index is 0.0334. The highest BCUT2D eigenvalue weighted by Gasteiger charge is 2.20. The van der Waals surface area contributed by atoms with Crippen molar-refractivity contribution in [2.24, 2.45) is 0 Å². The Kier molecular flexibility index (Phi) is 8.73. The van der Waals surface area contributed by atoms with E-state index in [0.717, 1.165) is 62.8 Å². The fourth-order valence-electron chi connectivity index (χ4n) is 4.36. The quantitative estimate of drug-likeness (QED) is 0.208. The second-order valence-electron chi connectivity index (χ2n) is 9.09. The minimum atomic E-state index is 0.0334. The molecule has 4 aromatic rings. The van der Waals surface area contributed by atoms with E-state index in [1.54, 1.807) is 7.11 Å². The third-order valence-corrected chi connectivity index (χ3v) is 6.00. The summed E-state index contributed by atoms with van der Waals surface area (Å²) in [6.45, 7) is 9.55. The third-order valence-electron chi connectivity index (χ3n) is 6.00. The number of benzene rings is 4. The van der Waals surface area contributed by atoms with E-state index in [-0.39, 0.29) is 6.10 Å². The van der Waals surface area contributed by atoms with Gasteiger partial charge in [0.25, 0.3) is 0 Å². The molecule has 0 saturated carbocycles. The van der Waals surface area contributed by atoms with Crippen LogP contribution in [0.3, 0.4) is 0 Å². The van der Waals surface area contributed by atoms with Crippen molar-refractivity contribution < 1.29 is 18.9 Å². The van der Waals surface area contributed by atoms with E-state index in [1.807, 2.05) is 43.3 Å². The van der Waals surface area contributed by atoms with Crippen LogP contribution in [-0.4, -0.2) is 26.4 Å². The van der Waals surface area contributed by atoms with Crippen molar-refractivity contribution in [1.29, 1.82) is 0 Å². The van der Waals surface area contributed by atoms with Crippen LogP contribution >= 0.6 is 0 Å². The van der Waals surface area contributed by atoms with Crippen molar-refractivity contribution in [3.8, 4) is 56.4 Å². The Balaban J connectivity index is 1.94. The summed E-state index contributed by atoms with van der Waals surface area (Å²) in [5.74, 6) is 3.39. The summed E-state index contributed by atoms with van der Waals surface area (Å²) in [5, 5.41) is 0. The first-order chi connectivity index (χ1) is 18.0. The molecule has 0 amide bonds. The molecule has 4 aromatic carbocycles. The summed E-state index contributed by atoms with van der Waals surface area (Å²) in [4.78, 5) is 0. The van der Waals surface area contributed by atoms with Gasteiger partial charge in [0, 0.05) is 11.1 Å². The topological polar surface area (TPSA) is 36.9 Å². The van der Waals surface area contributed by atoms with Gasteiger partial charge in [0.05, 0.1) is 26.4 Å². The summed E-state index contributed by atoms with van der Waals surface area (Å²) in [6.07, 6.45) is 1.01. The molecule has 0 saturated heterocycles. The fourth-order valence-corrected chi connectivity index (χ4v) is 4.36. The predicted molar refractivity (Wildman–Crippen MR) is 152 cm³/mol. The molecule has 4 nitrogen and oxygen atoms in total. The van der Waals surface area contributed by atoms with Crippen molar-refractivity contribution in [2.75, 3.05) is 20.3 Å². The molecule has 37 heavy (non-hydrogen) atoms. The fraction of sp³-hybridized carbons (Fsp3) is 0.273. The molecule has 192 valence electrons. The summed E-state index contributed by atoms with van der Waals surface area (Å²) in [6, 6.07) is 29.0. The van der Waals surface area contributed by atoms with E-state index in [9.17, 15) is 0 Å². The molecule has 0 radical (unpaired) electrons. The monoisotopic (exact) mass is 496 g/mol. The lowest BCUT2D eigenvalue weighted by atomic mass is 9.87. The van der Waals surface area contributed by atoms with E-state index < -0.39 is 0 Å². The van der Waals surface area contributed by atoms with Crippen LogP contribution in [0.25, 0.3) is 33.4 Å². The van der Waals surface area contributed by atoms with Crippen LogP contribution < -0.4 is 18.9 Å². The van der Waals surface area contributed by atoms with E-state index in [0.29, 0.717) is 13.2 Å². The second kappa shape index (κ2) is 12.4. The molecular formula is C33H36O4. The highest BCUT2D eigenvalue weighted by Crippen LogP contribution is 2.46. The predicted octanol–water partition coefficient (Wildman–Crippen LogP) is 8.67. The molecule has 0 unspecified atom stereocenters. The first-order valence-corrected chi connectivity index (χ1v) is 13.0. The van der Waals surface area contributed by atoms with Gasteiger partial charge in [0.15, 0.2) is 0 Å². The first-order valence-electron chi connectivity index (χ1n) is 13.0. The van der Waals surface area contributed by atoms with Gasteiger partial charge < -0.3 is 18.9 Å². The Labute approximate surface area is 220 Å². The zero-order valence-corrected chi connectivity index (χ0v) is 22.4. The number of hydrogen-bond acceptors (Lipinski definition) is 4. The molecule has 4 rings (SSSR count). The molecular weight excluding hydrogens is 460 g/mol. The Morgan fingerprint density at radius 3 is 1.68 bits per heavy atom. The lowest BCUT2D eigenvalue weighted by molar-refractivity contribution is 0.243. The average molecular weight is 497 g/mol. The SMILES string of the molecule is CCCOc1ccc(-c2ccc(OC(C)C)c(-c3ccc(OC)cc3)c2-c2ccc(OCC)cc2)cc1. The van der Waals surface area contributed by atoms with Gasteiger partial charge >= 0.3 is 0 Å². The Morgan fingerprint density at radius 2 is 1.14 bits per heavy atom. The van der Waals surface area contributed by atoms with Crippen LogP contribution in [0.1, 0.15) is 34.1 Å². The number of methoxy groups -OCH3 is 1. The largest absolute Gasteiger partial charge is 0.497 e.